The predicted octanol–water partition coefficient (Wildman–Crippen LogP) is -0.810. The first-order chi connectivity index (χ1) is 11.0. The van der Waals surface area contributed by atoms with Crippen molar-refractivity contribution < 1.29 is 54.2 Å². The topological polar surface area (TPSA) is 94.5 Å². The van der Waals surface area contributed by atoms with Crippen LogP contribution in [0.15, 0.2) is 30.3 Å². The minimum absolute atomic E-state index is 0. The van der Waals surface area contributed by atoms with Gasteiger partial charge in [0.1, 0.15) is 0 Å². The van der Waals surface area contributed by atoms with Crippen LogP contribution >= 0.6 is 0 Å². The van der Waals surface area contributed by atoms with E-state index in [9.17, 15) is 24.6 Å². The number of carbonyl (C=O) groups excluding carboxylic acids is 2. The van der Waals surface area contributed by atoms with Crippen molar-refractivity contribution in [3.05, 3.63) is 63.7 Å². The molecule has 0 amide bonds. The van der Waals surface area contributed by atoms with Crippen molar-refractivity contribution in [3.8, 4) is 5.75 Å². The van der Waals surface area contributed by atoms with Gasteiger partial charge in [0.2, 0.25) is 0 Å². The van der Waals surface area contributed by atoms with Gasteiger partial charge in [0.15, 0.2) is 11.6 Å². The Morgan fingerprint density at radius 2 is 1.62 bits per heavy atom. The second-order valence-corrected chi connectivity index (χ2v) is 5.42. The Balaban J connectivity index is 0.00000208. The summed E-state index contributed by atoms with van der Waals surface area (Å²) in [6, 6.07) is 7.37. The van der Waals surface area contributed by atoms with Gasteiger partial charge in [-0.25, -0.2) is 4.79 Å². The first-order valence-electron chi connectivity index (χ1n) is 7.26. The summed E-state index contributed by atoms with van der Waals surface area (Å²) in [5.74, 6) is -3.03. The third-order valence-corrected chi connectivity index (χ3v) is 3.98. The van der Waals surface area contributed by atoms with Gasteiger partial charge in [0.05, 0.1) is 5.56 Å². The zero-order chi connectivity index (χ0) is 16.7. The molecule has 0 fully saturated rings. The summed E-state index contributed by atoms with van der Waals surface area (Å²) in [5.41, 5.74) is -0.342. The Labute approximate surface area is 160 Å². The van der Waals surface area contributed by atoms with Crippen LogP contribution in [-0.2, 0) is 6.42 Å². The monoisotopic (exact) mass is 332 g/mol. The molecule has 1 aliphatic carbocycles. The van der Waals surface area contributed by atoms with Crippen LogP contribution in [0.4, 0.5) is 0 Å². The molecule has 5 nitrogen and oxygen atoms in total. The zero-order valence-electron chi connectivity index (χ0n) is 13.4. The number of hydrogen-bond donors (Lipinski definition) is 1. The summed E-state index contributed by atoms with van der Waals surface area (Å²) >= 11 is 0. The largest absolute Gasteiger partial charge is 1.00 e. The molecular weight excluding hydrogens is 319 g/mol. The van der Waals surface area contributed by atoms with Crippen LogP contribution in [0.3, 0.4) is 0 Å². The summed E-state index contributed by atoms with van der Waals surface area (Å²) in [6.07, 6.45) is 0.987. The van der Waals surface area contributed by atoms with Crippen LogP contribution in [0.2, 0.25) is 0 Å². The Hall–Kier alpha value is -1.95. The van der Waals surface area contributed by atoms with E-state index in [1.54, 1.807) is 12.1 Å². The average Bonchev–Trinajstić information content (AvgIpc) is 2.54. The third-order valence-electron chi connectivity index (χ3n) is 3.98. The molecule has 0 atom stereocenters. The van der Waals surface area contributed by atoms with E-state index in [4.69, 9.17) is 0 Å². The maximum atomic E-state index is 12.7. The van der Waals surface area contributed by atoms with Crippen molar-refractivity contribution in [2.45, 2.75) is 19.8 Å². The molecule has 2 aromatic carbocycles. The van der Waals surface area contributed by atoms with Crippen molar-refractivity contribution in [2.75, 3.05) is 0 Å². The number of carboxylic acid groups (broad SMARTS) is 1. The Morgan fingerprint density at radius 3 is 2.12 bits per heavy atom. The van der Waals surface area contributed by atoms with Crippen LogP contribution in [0.5, 0.6) is 5.75 Å². The number of benzene rings is 2. The summed E-state index contributed by atoms with van der Waals surface area (Å²) < 4.78 is 0. The van der Waals surface area contributed by atoms with E-state index in [0.29, 0.717) is 12.8 Å². The number of ketones is 2. The number of hydrogen-bond acceptors (Lipinski definition) is 4. The number of fused-ring (bicyclic) bond motifs is 2. The quantitative estimate of drug-likeness (QED) is 0.633. The van der Waals surface area contributed by atoms with E-state index in [2.05, 4.69) is 0 Å². The summed E-state index contributed by atoms with van der Waals surface area (Å²) in [6.45, 7) is 1.85. The first kappa shape index (κ1) is 18.4. The number of carbonyl (C=O) groups is 3. The zero-order valence-corrected chi connectivity index (χ0v) is 15.4. The number of aryl methyl sites for hydroxylation is 1. The van der Waals surface area contributed by atoms with Gasteiger partial charge in [-0.2, -0.15) is 0 Å². The molecule has 0 spiro atoms. The fourth-order valence-electron chi connectivity index (χ4n) is 2.95. The molecule has 0 saturated carbocycles. The van der Waals surface area contributed by atoms with E-state index in [0.717, 1.165) is 0 Å². The SMILES string of the molecule is CCCc1cc(C(=O)O)c2c(c1[O-])C(=O)c1ccccc1C2=O.[Na+]. The average molecular weight is 332 g/mol. The minimum Gasteiger partial charge on any atom is -0.872 e. The van der Waals surface area contributed by atoms with Gasteiger partial charge < -0.3 is 10.2 Å². The molecule has 1 N–H and O–H groups in total. The summed E-state index contributed by atoms with van der Waals surface area (Å²) in [5, 5.41) is 22.0. The van der Waals surface area contributed by atoms with E-state index in [-0.39, 0.29) is 62.9 Å². The number of aromatic carboxylic acids is 1. The second-order valence-electron chi connectivity index (χ2n) is 5.42. The molecule has 0 radical (unpaired) electrons. The van der Waals surface area contributed by atoms with E-state index in [1.165, 1.54) is 18.2 Å². The van der Waals surface area contributed by atoms with Crippen LogP contribution in [-0.4, -0.2) is 22.6 Å². The Bertz CT molecular complexity index is 870. The molecule has 1 aliphatic rings. The van der Waals surface area contributed by atoms with Crippen LogP contribution in [0.25, 0.3) is 0 Å². The van der Waals surface area contributed by atoms with Gasteiger partial charge in [0, 0.05) is 22.3 Å². The van der Waals surface area contributed by atoms with Gasteiger partial charge in [-0.15, -0.1) is 0 Å². The molecule has 0 saturated heterocycles. The molecule has 0 aromatic heterocycles. The van der Waals surface area contributed by atoms with Crippen molar-refractivity contribution in [2.24, 2.45) is 0 Å². The molecular formula is C18H13NaO5. The Morgan fingerprint density at radius 1 is 1.08 bits per heavy atom. The van der Waals surface area contributed by atoms with Gasteiger partial charge in [0.25, 0.3) is 0 Å². The van der Waals surface area contributed by atoms with Crippen LogP contribution in [0.1, 0.15) is 61.1 Å². The molecule has 6 heteroatoms. The summed E-state index contributed by atoms with van der Waals surface area (Å²) in [4.78, 5) is 36.8. The molecule has 2 aromatic rings. The molecule has 0 aliphatic heterocycles. The van der Waals surface area contributed by atoms with Crippen molar-refractivity contribution in [3.63, 3.8) is 0 Å². The Kier molecular flexibility index (Phi) is 5.28. The molecule has 0 heterocycles. The smallest absolute Gasteiger partial charge is 0.872 e. The standard InChI is InChI=1S/C18H14O5.Na/c1-2-5-9-8-12(18(22)23)13-14(15(9)19)17(21)11-7-4-3-6-10(11)16(13)20;/h3-4,6-8,19H,2,5H2,1H3,(H,22,23);/q;+1/p-1. The normalized spacial score (nSPS) is 12.2. The van der Waals surface area contributed by atoms with E-state index < -0.39 is 23.3 Å². The fraction of sp³-hybridized carbons (Fsp3) is 0.167. The maximum absolute atomic E-state index is 12.7. The molecule has 0 unspecified atom stereocenters. The van der Waals surface area contributed by atoms with Crippen molar-refractivity contribution >= 4 is 17.5 Å². The van der Waals surface area contributed by atoms with Gasteiger partial charge in [-0.3, -0.25) is 9.59 Å². The molecule has 116 valence electrons. The van der Waals surface area contributed by atoms with Gasteiger partial charge >= 0.3 is 35.5 Å². The molecule has 3 rings (SSSR count). The maximum Gasteiger partial charge on any atom is 1.00 e. The molecule has 24 heavy (non-hydrogen) atoms. The van der Waals surface area contributed by atoms with Crippen molar-refractivity contribution in [1.82, 2.24) is 0 Å². The minimum atomic E-state index is -1.32. The fourth-order valence-corrected chi connectivity index (χ4v) is 2.95. The van der Waals surface area contributed by atoms with Gasteiger partial charge in [-0.05, 0) is 12.5 Å². The van der Waals surface area contributed by atoms with Gasteiger partial charge in [-0.1, -0.05) is 48.9 Å². The van der Waals surface area contributed by atoms with Crippen molar-refractivity contribution in [1.29, 1.82) is 0 Å². The van der Waals surface area contributed by atoms with Crippen LogP contribution < -0.4 is 34.7 Å². The first-order valence-corrected chi connectivity index (χ1v) is 7.26. The number of carboxylic acids is 1. The van der Waals surface area contributed by atoms with Crippen LogP contribution in [0, 0.1) is 0 Å². The molecule has 0 bridgehead atoms. The van der Waals surface area contributed by atoms with E-state index >= 15 is 0 Å². The third kappa shape index (κ3) is 2.69. The van der Waals surface area contributed by atoms with E-state index in [1.807, 2.05) is 6.92 Å². The number of rotatable bonds is 3. The second kappa shape index (κ2) is 6.89. The summed E-state index contributed by atoms with van der Waals surface area (Å²) in [7, 11) is 0. The predicted molar refractivity (Wildman–Crippen MR) is 80.1 cm³/mol.